The maximum absolute atomic E-state index is 11.5. The number of Topliss-reactive ketones (excluding diaryl/α,β-unsaturated/α-hetero) is 1. The van der Waals surface area contributed by atoms with Crippen molar-refractivity contribution in [3.05, 3.63) is 28.2 Å². The molecule has 1 aromatic rings. The van der Waals surface area contributed by atoms with Crippen molar-refractivity contribution in [3.63, 3.8) is 0 Å². The van der Waals surface area contributed by atoms with Crippen LogP contribution in [0.25, 0.3) is 0 Å². The molecule has 0 spiro atoms. The van der Waals surface area contributed by atoms with Crippen LogP contribution < -0.4 is 0 Å². The number of ketones is 1. The van der Waals surface area contributed by atoms with Crippen LogP contribution in [-0.2, 0) is 0 Å². The third kappa shape index (κ3) is 2.73. The number of halogens is 2. The molecule has 0 amide bonds. The molecule has 0 N–H and O–H groups in total. The molecule has 0 aliphatic carbocycles. The summed E-state index contributed by atoms with van der Waals surface area (Å²) in [5.74, 6) is -0.0931. The van der Waals surface area contributed by atoms with Gasteiger partial charge in [-0.1, -0.05) is 15.9 Å². The number of benzene rings is 1. The molecule has 70 valence electrons. The van der Waals surface area contributed by atoms with Gasteiger partial charge in [-0.15, -0.1) is 24.2 Å². The van der Waals surface area contributed by atoms with Crippen LogP contribution in [-0.4, -0.2) is 11.2 Å². The van der Waals surface area contributed by atoms with Gasteiger partial charge in [0.15, 0.2) is 5.78 Å². The molecule has 4 heteroatoms. The third-order valence-electron chi connectivity index (χ3n) is 1.58. The first-order valence-corrected chi connectivity index (χ1v) is 5.37. The molecule has 0 radical (unpaired) electrons. The highest BCUT2D eigenvalue weighted by molar-refractivity contribution is 9.10. The standard InChI is InChI=1S/C9H8BrClOS/c1-5(11)9(12)7-4-6(13)2-3-8(7)10/h2-5,13H,1H3. The molecule has 1 nitrogen and oxygen atoms in total. The second-order valence-electron chi connectivity index (χ2n) is 2.64. The Balaban J connectivity index is 3.13. The second kappa shape index (κ2) is 4.49. The van der Waals surface area contributed by atoms with E-state index in [9.17, 15) is 4.79 Å². The summed E-state index contributed by atoms with van der Waals surface area (Å²) in [6.07, 6.45) is 0. The third-order valence-corrected chi connectivity index (χ3v) is 2.74. The first kappa shape index (κ1) is 11.1. The average molecular weight is 280 g/mol. The summed E-state index contributed by atoms with van der Waals surface area (Å²) in [6.45, 7) is 1.65. The van der Waals surface area contributed by atoms with Gasteiger partial charge in [-0.05, 0) is 25.1 Å². The summed E-state index contributed by atoms with van der Waals surface area (Å²) in [5, 5.41) is -0.508. The van der Waals surface area contributed by atoms with Crippen LogP contribution >= 0.6 is 40.2 Å². The molecule has 0 aromatic heterocycles. The minimum Gasteiger partial charge on any atom is -0.292 e. The molecular formula is C9H8BrClOS. The van der Waals surface area contributed by atoms with Gasteiger partial charge in [0.2, 0.25) is 0 Å². The van der Waals surface area contributed by atoms with Crippen LogP contribution in [0.2, 0.25) is 0 Å². The van der Waals surface area contributed by atoms with Crippen LogP contribution in [0.3, 0.4) is 0 Å². The molecule has 13 heavy (non-hydrogen) atoms. The maximum atomic E-state index is 11.5. The molecule has 1 atom stereocenters. The van der Waals surface area contributed by atoms with E-state index in [0.717, 1.165) is 9.37 Å². The fraction of sp³-hybridized carbons (Fsp3) is 0.222. The van der Waals surface area contributed by atoms with Gasteiger partial charge >= 0.3 is 0 Å². The highest BCUT2D eigenvalue weighted by Gasteiger charge is 2.15. The zero-order valence-corrected chi connectivity index (χ0v) is 10.2. The van der Waals surface area contributed by atoms with Crippen LogP contribution in [0, 0.1) is 0 Å². The Hall–Kier alpha value is 0.01000. The van der Waals surface area contributed by atoms with Crippen molar-refractivity contribution in [2.75, 3.05) is 0 Å². The van der Waals surface area contributed by atoms with Crippen molar-refractivity contribution in [3.8, 4) is 0 Å². The number of hydrogen-bond donors (Lipinski definition) is 1. The normalized spacial score (nSPS) is 12.6. The van der Waals surface area contributed by atoms with Gasteiger partial charge in [-0.3, -0.25) is 4.79 Å². The molecule has 1 aromatic carbocycles. The van der Waals surface area contributed by atoms with Crippen LogP contribution in [0.15, 0.2) is 27.6 Å². The minimum absolute atomic E-state index is 0.0931. The van der Waals surface area contributed by atoms with E-state index in [1.807, 2.05) is 6.07 Å². The lowest BCUT2D eigenvalue weighted by molar-refractivity contribution is 0.0991. The first-order valence-electron chi connectivity index (χ1n) is 3.69. The lowest BCUT2D eigenvalue weighted by Gasteiger charge is -2.05. The Bertz CT molecular complexity index is 338. The van der Waals surface area contributed by atoms with Crippen molar-refractivity contribution in [2.45, 2.75) is 17.2 Å². The van der Waals surface area contributed by atoms with E-state index in [-0.39, 0.29) is 5.78 Å². The Kier molecular flexibility index (Phi) is 3.83. The van der Waals surface area contributed by atoms with Crippen molar-refractivity contribution in [2.24, 2.45) is 0 Å². The molecule has 0 aliphatic rings. The quantitative estimate of drug-likeness (QED) is 0.498. The molecule has 1 unspecified atom stereocenters. The summed E-state index contributed by atoms with van der Waals surface area (Å²) in [4.78, 5) is 12.3. The van der Waals surface area contributed by atoms with Crippen LogP contribution in [0.4, 0.5) is 0 Å². The molecular weight excluding hydrogens is 272 g/mol. The number of carbonyl (C=O) groups excluding carboxylic acids is 1. The molecule has 0 bridgehead atoms. The fourth-order valence-corrected chi connectivity index (χ4v) is 1.68. The zero-order chi connectivity index (χ0) is 10.0. The predicted octanol–water partition coefficient (Wildman–Crippen LogP) is 3.55. The smallest absolute Gasteiger partial charge is 0.181 e. The van der Waals surface area contributed by atoms with E-state index >= 15 is 0 Å². The SMILES string of the molecule is CC(Cl)C(=O)c1cc(S)ccc1Br. The zero-order valence-electron chi connectivity index (χ0n) is 6.92. The summed E-state index contributed by atoms with van der Waals surface area (Å²) in [5.41, 5.74) is 0.579. The lowest BCUT2D eigenvalue weighted by Crippen LogP contribution is -2.11. The minimum atomic E-state index is -0.508. The summed E-state index contributed by atoms with van der Waals surface area (Å²) < 4.78 is 0.753. The van der Waals surface area contributed by atoms with Crippen LogP contribution in [0.5, 0.6) is 0 Å². The molecule has 1 rings (SSSR count). The lowest BCUT2D eigenvalue weighted by atomic mass is 10.1. The van der Waals surface area contributed by atoms with Gasteiger partial charge in [0.05, 0.1) is 5.38 Å². The fourth-order valence-electron chi connectivity index (χ4n) is 0.916. The second-order valence-corrected chi connectivity index (χ2v) is 4.67. The number of thiol groups is 1. The van der Waals surface area contributed by atoms with Gasteiger partial charge in [-0.25, -0.2) is 0 Å². The van der Waals surface area contributed by atoms with Crippen molar-refractivity contribution >= 4 is 45.9 Å². The largest absolute Gasteiger partial charge is 0.292 e. The topological polar surface area (TPSA) is 17.1 Å². The molecule has 0 saturated carbocycles. The number of alkyl halides is 1. The average Bonchev–Trinajstić information content (AvgIpc) is 2.08. The predicted molar refractivity (Wildman–Crippen MR) is 61.0 cm³/mol. The number of hydrogen-bond acceptors (Lipinski definition) is 2. The summed E-state index contributed by atoms with van der Waals surface area (Å²) in [6, 6.07) is 5.30. The van der Waals surface area contributed by atoms with E-state index in [2.05, 4.69) is 28.6 Å². The van der Waals surface area contributed by atoms with Crippen molar-refractivity contribution in [1.29, 1.82) is 0 Å². The van der Waals surface area contributed by atoms with Crippen LogP contribution in [0.1, 0.15) is 17.3 Å². The van der Waals surface area contributed by atoms with Gasteiger partial charge in [0.25, 0.3) is 0 Å². The van der Waals surface area contributed by atoms with Gasteiger partial charge in [-0.2, -0.15) is 0 Å². The van der Waals surface area contributed by atoms with Gasteiger partial charge in [0, 0.05) is 14.9 Å². The van der Waals surface area contributed by atoms with Gasteiger partial charge < -0.3 is 0 Å². The highest BCUT2D eigenvalue weighted by Crippen LogP contribution is 2.22. The molecule has 0 saturated heterocycles. The Labute approximate surface area is 96.0 Å². The molecule has 0 heterocycles. The highest BCUT2D eigenvalue weighted by atomic mass is 79.9. The maximum Gasteiger partial charge on any atom is 0.181 e. The van der Waals surface area contributed by atoms with E-state index in [0.29, 0.717) is 5.56 Å². The Morgan fingerprint density at radius 2 is 2.23 bits per heavy atom. The van der Waals surface area contributed by atoms with Crippen molar-refractivity contribution in [1.82, 2.24) is 0 Å². The Morgan fingerprint density at radius 1 is 1.62 bits per heavy atom. The monoisotopic (exact) mass is 278 g/mol. The van der Waals surface area contributed by atoms with E-state index in [4.69, 9.17) is 11.6 Å². The Morgan fingerprint density at radius 3 is 2.77 bits per heavy atom. The number of rotatable bonds is 2. The summed E-state index contributed by atoms with van der Waals surface area (Å²) >= 11 is 13.1. The molecule has 0 aliphatic heterocycles. The number of carbonyl (C=O) groups is 1. The van der Waals surface area contributed by atoms with Gasteiger partial charge in [0.1, 0.15) is 0 Å². The van der Waals surface area contributed by atoms with E-state index in [1.165, 1.54) is 0 Å². The first-order chi connectivity index (χ1) is 6.02. The summed E-state index contributed by atoms with van der Waals surface area (Å²) in [7, 11) is 0. The molecule has 0 fully saturated rings. The van der Waals surface area contributed by atoms with Crippen molar-refractivity contribution < 1.29 is 4.79 Å². The van der Waals surface area contributed by atoms with E-state index < -0.39 is 5.38 Å². The van der Waals surface area contributed by atoms with E-state index in [1.54, 1.807) is 19.1 Å².